The van der Waals surface area contributed by atoms with Crippen LogP contribution in [0.1, 0.15) is 32.6 Å². The van der Waals surface area contributed by atoms with Crippen molar-refractivity contribution in [3.05, 3.63) is 30.1 Å². The Morgan fingerprint density at radius 1 is 1.48 bits per heavy atom. The zero-order chi connectivity index (χ0) is 15.3. The molecule has 21 heavy (non-hydrogen) atoms. The molecule has 0 aromatic heterocycles. The van der Waals surface area contributed by atoms with Gasteiger partial charge < -0.3 is 10.4 Å². The number of aliphatic hydroxyl groups is 1. The molecule has 1 aliphatic carbocycles. The maximum Gasteiger partial charge on any atom is 0.230 e. The number of carbonyl (C=O) groups excluding carboxylic acids is 1. The molecule has 2 unspecified atom stereocenters. The van der Waals surface area contributed by atoms with E-state index >= 15 is 0 Å². The minimum Gasteiger partial charge on any atom is -0.394 e. The van der Waals surface area contributed by atoms with Gasteiger partial charge in [-0.3, -0.25) is 4.79 Å². The van der Waals surface area contributed by atoms with Crippen LogP contribution >= 0.6 is 11.8 Å². The first-order chi connectivity index (χ1) is 10.0. The van der Waals surface area contributed by atoms with E-state index in [0.29, 0.717) is 5.92 Å². The molecular formula is C16H22FNO2S. The van der Waals surface area contributed by atoms with E-state index in [2.05, 4.69) is 12.2 Å². The first kappa shape index (κ1) is 16.3. The number of halogens is 1. The quantitative estimate of drug-likeness (QED) is 0.822. The molecule has 0 radical (unpaired) electrons. The smallest absolute Gasteiger partial charge is 0.230 e. The summed E-state index contributed by atoms with van der Waals surface area (Å²) in [6.45, 7) is 2.15. The van der Waals surface area contributed by atoms with Gasteiger partial charge in [-0.1, -0.05) is 19.8 Å². The third kappa shape index (κ3) is 4.71. The molecule has 2 N–H and O–H groups in total. The topological polar surface area (TPSA) is 49.3 Å². The van der Waals surface area contributed by atoms with E-state index in [1.54, 1.807) is 12.1 Å². The molecule has 116 valence electrons. The van der Waals surface area contributed by atoms with Gasteiger partial charge in [-0.05, 0) is 43.0 Å². The maximum absolute atomic E-state index is 12.8. The monoisotopic (exact) mass is 311 g/mol. The van der Waals surface area contributed by atoms with Crippen LogP contribution in [-0.2, 0) is 4.79 Å². The van der Waals surface area contributed by atoms with Gasteiger partial charge in [0.2, 0.25) is 5.91 Å². The van der Waals surface area contributed by atoms with Gasteiger partial charge in [0.05, 0.1) is 17.9 Å². The highest BCUT2D eigenvalue weighted by atomic mass is 32.2. The van der Waals surface area contributed by atoms with Crippen LogP contribution < -0.4 is 5.32 Å². The molecule has 1 aliphatic rings. The van der Waals surface area contributed by atoms with Gasteiger partial charge in [0, 0.05) is 4.90 Å². The van der Waals surface area contributed by atoms with Gasteiger partial charge in [0.15, 0.2) is 0 Å². The molecule has 0 aliphatic heterocycles. The van der Waals surface area contributed by atoms with E-state index in [1.165, 1.54) is 23.9 Å². The minimum atomic E-state index is -0.460. The maximum atomic E-state index is 12.8. The van der Waals surface area contributed by atoms with Gasteiger partial charge in [0.25, 0.3) is 0 Å². The molecule has 3 nitrogen and oxygen atoms in total. The Balaban J connectivity index is 1.86. The van der Waals surface area contributed by atoms with Crippen molar-refractivity contribution < 1.29 is 14.3 Å². The van der Waals surface area contributed by atoms with E-state index in [-0.39, 0.29) is 24.1 Å². The van der Waals surface area contributed by atoms with Gasteiger partial charge in [-0.2, -0.15) is 0 Å². The fraction of sp³-hybridized carbons (Fsp3) is 0.562. The Bertz CT molecular complexity index is 480. The fourth-order valence-electron chi connectivity index (χ4n) is 2.97. The first-order valence-corrected chi connectivity index (χ1v) is 8.32. The number of rotatable bonds is 5. The molecule has 5 heteroatoms. The second-order valence-electron chi connectivity index (χ2n) is 5.93. The van der Waals surface area contributed by atoms with Crippen LogP contribution in [0.4, 0.5) is 4.39 Å². The summed E-state index contributed by atoms with van der Waals surface area (Å²) in [5, 5.41) is 12.7. The van der Waals surface area contributed by atoms with Crippen molar-refractivity contribution in [3.63, 3.8) is 0 Å². The molecule has 1 saturated carbocycles. The minimum absolute atomic E-state index is 0.00963. The summed E-state index contributed by atoms with van der Waals surface area (Å²) in [6, 6.07) is 6.10. The van der Waals surface area contributed by atoms with E-state index in [1.807, 2.05) is 0 Å². The Morgan fingerprint density at radius 2 is 2.19 bits per heavy atom. The molecule has 1 amide bonds. The molecule has 0 spiro atoms. The zero-order valence-electron chi connectivity index (χ0n) is 12.3. The van der Waals surface area contributed by atoms with Crippen LogP contribution in [0.15, 0.2) is 29.2 Å². The standard InChI is InChI=1S/C16H22FNO2S/c1-12-3-2-8-16(9-12,11-19)18-15(20)10-21-14-6-4-13(17)5-7-14/h4-7,12,19H,2-3,8-11H2,1H3,(H,18,20). The molecule has 1 aromatic rings. The average molecular weight is 311 g/mol. The number of amides is 1. The molecule has 2 atom stereocenters. The SMILES string of the molecule is CC1CCCC(CO)(NC(=O)CSc2ccc(F)cc2)C1. The van der Waals surface area contributed by atoms with Gasteiger partial charge >= 0.3 is 0 Å². The van der Waals surface area contributed by atoms with Crippen molar-refractivity contribution >= 4 is 17.7 Å². The van der Waals surface area contributed by atoms with Crippen LogP contribution in [0.3, 0.4) is 0 Å². The van der Waals surface area contributed by atoms with Crippen molar-refractivity contribution in [2.75, 3.05) is 12.4 Å². The summed E-state index contributed by atoms with van der Waals surface area (Å²) in [5.74, 6) is 0.449. The predicted molar refractivity (Wildman–Crippen MR) is 82.7 cm³/mol. The Labute approximate surface area is 129 Å². The summed E-state index contributed by atoms with van der Waals surface area (Å²) in [6.07, 6.45) is 3.85. The van der Waals surface area contributed by atoms with E-state index in [4.69, 9.17) is 0 Å². The van der Waals surface area contributed by atoms with Gasteiger partial charge in [-0.25, -0.2) is 4.39 Å². The lowest BCUT2D eigenvalue weighted by atomic mass is 9.77. The molecule has 1 fully saturated rings. The number of thioether (sulfide) groups is 1. The fourth-order valence-corrected chi connectivity index (χ4v) is 3.67. The van der Waals surface area contributed by atoms with Gasteiger partial charge in [0.1, 0.15) is 5.82 Å². The molecule has 0 saturated heterocycles. The third-order valence-corrected chi connectivity index (χ3v) is 4.99. The number of aliphatic hydroxyl groups excluding tert-OH is 1. The van der Waals surface area contributed by atoms with Crippen LogP contribution in [0, 0.1) is 11.7 Å². The molecular weight excluding hydrogens is 289 g/mol. The Kier molecular flexibility index (Phi) is 5.65. The predicted octanol–water partition coefficient (Wildman–Crippen LogP) is 2.98. The molecule has 0 heterocycles. The van der Waals surface area contributed by atoms with Crippen LogP contribution in [0.2, 0.25) is 0 Å². The molecule has 2 rings (SSSR count). The highest BCUT2D eigenvalue weighted by Crippen LogP contribution is 2.32. The number of benzene rings is 1. The van der Waals surface area contributed by atoms with E-state index < -0.39 is 5.54 Å². The average Bonchev–Trinajstić information content (AvgIpc) is 2.46. The third-order valence-electron chi connectivity index (χ3n) is 3.98. The summed E-state index contributed by atoms with van der Waals surface area (Å²) in [5.41, 5.74) is -0.460. The highest BCUT2D eigenvalue weighted by molar-refractivity contribution is 8.00. The summed E-state index contributed by atoms with van der Waals surface area (Å²) < 4.78 is 12.8. The van der Waals surface area contributed by atoms with Crippen LogP contribution in [-0.4, -0.2) is 28.9 Å². The van der Waals surface area contributed by atoms with E-state index in [0.717, 1.165) is 30.6 Å². The van der Waals surface area contributed by atoms with Crippen LogP contribution in [0.25, 0.3) is 0 Å². The zero-order valence-corrected chi connectivity index (χ0v) is 13.1. The Morgan fingerprint density at radius 3 is 2.81 bits per heavy atom. The van der Waals surface area contributed by atoms with Crippen molar-refractivity contribution in [2.24, 2.45) is 5.92 Å². The first-order valence-electron chi connectivity index (χ1n) is 7.33. The number of nitrogens with one attached hydrogen (secondary N) is 1. The number of hydrogen-bond acceptors (Lipinski definition) is 3. The Hall–Kier alpha value is -1.07. The van der Waals surface area contributed by atoms with Gasteiger partial charge in [-0.15, -0.1) is 11.8 Å². The van der Waals surface area contributed by atoms with Crippen molar-refractivity contribution in [2.45, 2.75) is 43.0 Å². The normalized spacial score (nSPS) is 25.6. The lowest BCUT2D eigenvalue weighted by molar-refractivity contribution is -0.121. The van der Waals surface area contributed by atoms with Crippen molar-refractivity contribution in [1.82, 2.24) is 5.32 Å². The largest absolute Gasteiger partial charge is 0.394 e. The number of carbonyl (C=O) groups is 1. The summed E-state index contributed by atoms with van der Waals surface area (Å²) >= 11 is 1.38. The summed E-state index contributed by atoms with van der Waals surface area (Å²) in [7, 11) is 0. The lowest BCUT2D eigenvalue weighted by Crippen LogP contribution is -2.54. The van der Waals surface area contributed by atoms with Crippen molar-refractivity contribution in [3.8, 4) is 0 Å². The van der Waals surface area contributed by atoms with E-state index in [9.17, 15) is 14.3 Å². The molecule has 0 bridgehead atoms. The second kappa shape index (κ2) is 7.27. The van der Waals surface area contributed by atoms with Crippen LogP contribution in [0.5, 0.6) is 0 Å². The van der Waals surface area contributed by atoms with Crippen molar-refractivity contribution in [1.29, 1.82) is 0 Å². The summed E-state index contributed by atoms with van der Waals surface area (Å²) in [4.78, 5) is 13.0. The highest BCUT2D eigenvalue weighted by Gasteiger charge is 2.35. The lowest BCUT2D eigenvalue weighted by Gasteiger charge is -2.39. The second-order valence-corrected chi connectivity index (χ2v) is 6.98. The number of hydrogen-bond donors (Lipinski definition) is 2. The molecule has 1 aromatic carbocycles.